The lowest BCUT2D eigenvalue weighted by Crippen LogP contribution is -2.62. The van der Waals surface area contributed by atoms with Crippen molar-refractivity contribution in [3.05, 3.63) is 0 Å². The van der Waals surface area contributed by atoms with Gasteiger partial charge in [0.05, 0.1) is 11.2 Å². The van der Waals surface area contributed by atoms with Gasteiger partial charge in [-0.05, 0) is 43.9 Å². The summed E-state index contributed by atoms with van der Waals surface area (Å²) in [5.74, 6) is 2.22. The van der Waals surface area contributed by atoms with Crippen LogP contribution in [0.15, 0.2) is 0 Å². The number of hydrogen-bond acceptors (Lipinski definition) is 2. The molecule has 1 aliphatic heterocycles. The molecule has 0 bridgehead atoms. The van der Waals surface area contributed by atoms with Gasteiger partial charge in [-0.25, -0.2) is 0 Å². The number of hydrogen-bond donors (Lipinski definition) is 1. The minimum absolute atomic E-state index is 0.0124. The third-order valence-corrected chi connectivity index (χ3v) is 5.31. The van der Waals surface area contributed by atoms with E-state index < -0.39 is 0 Å². The van der Waals surface area contributed by atoms with Crippen LogP contribution in [0.25, 0.3) is 0 Å². The molecule has 1 saturated heterocycles. The van der Waals surface area contributed by atoms with Crippen molar-refractivity contribution in [2.75, 3.05) is 13.1 Å². The molecule has 1 saturated carbocycles. The van der Waals surface area contributed by atoms with E-state index in [1.54, 1.807) is 0 Å². The average Bonchev–Trinajstić information content (AvgIpc) is 2.24. The molecule has 1 spiro atoms. The first-order valence-electron chi connectivity index (χ1n) is 7.28. The summed E-state index contributed by atoms with van der Waals surface area (Å²) in [5, 5.41) is 3.63. The minimum Gasteiger partial charge on any atom is -0.366 e. The summed E-state index contributed by atoms with van der Waals surface area (Å²) in [6, 6.07) is 0. The zero-order chi connectivity index (χ0) is 12.7. The van der Waals surface area contributed by atoms with Crippen molar-refractivity contribution in [2.24, 2.45) is 17.8 Å². The van der Waals surface area contributed by atoms with Gasteiger partial charge in [0.15, 0.2) is 0 Å². The lowest BCUT2D eigenvalue weighted by molar-refractivity contribution is -0.209. The molecule has 0 aromatic carbocycles. The Balaban J connectivity index is 2.11. The molecule has 2 fully saturated rings. The summed E-state index contributed by atoms with van der Waals surface area (Å²) >= 11 is 0. The lowest BCUT2D eigenvalue weighted by atomic mass is 9.71. The maximum Gasteiger partial charge on any atom is 0.0817 e. The fraction of sp³-hybridized carbons (Fsp3) is 1.00. The Labute approximate surface area is 107 Å². The Kier molecular flexibility index (Phi) is 3.57. The molecular formula is C15H29NO. The molecule has 2 aliphatic rings. The van der Waals surface area contributed by atoms with Crippen molar-refractivity contribution in [3.8, 4) is 0 Å². The van der Waals surface area contributed by atoms with Crippen LogP contribution in [0.1, 0.15) is 53.9 Å². The molecule has 0 amide bonds. The average molecular weight is 239 g/mol. The third-order valence-electron chi connectivity index (χ3n) is 5.31. The predicted octanol–water partition coefficient (Wildman–Crippen LogP) is 3.22. The Morgan fingerprint density at radius 2 is 1.88 bits per heavy atom. The Morgan fingerprint density at radius 3 is 2.47 bits per heavy atom. The quantitative estimate of drug-likeness (QED) is 0.758. The Morgan fingerprint density at radius 1 is 1.18 bits per heavy atom. The summed E-state index contributed by atoms with van der Waals surface area (Å²) in [7, 11) is 0. The molecule has 4 unspecified atom stereocenters. The van der Waals surface area contributed by atoms with Crippen molar-refractivity contribution < 1.29 is 4.74 Å². The molecule has 17 heavy (non-hydrogen) atoms. The van der Waals surface area contributed by atoms with Gasteiger partial charge in [0.25, 0.3) is 0 Å². The van der Waals surface area contributed by atoms with E-state index in [0.29, 0.717) is 5.92 Å². The van der Waals surface area contributed by atoms with Crippen LogP contribution in [-0.4, -0.2) is 24.3 Å². The van der Waals surface area contributed by atoms with E-state index in [0.717, 1.165) is 24.9 Å². The summed E-state index contributed by atoms with van der Waals surface area (Å²) in [4.78, 5) is 0. The topological polar surface area (TPSA) is 21.3 Å². The van der Waals surface area contributed by atoms with Crippen LogP contribution in [-0.2, 0) is 4.74 Å². The third kappa shape index (κ3) is 2.53. The van der Waals surface area contributed by atoms with Crippen molar-refractivity contribution in [1.82, 2.24) is 5.32 Å². The Hall–Kier alpha value is -0.0800. The molecular weight excluding hydrogens is 210 g/mol. The van der Waals surface area contributed by atoms with E-state index in [1.165, 1.54) is 19.3 Å². The summed E-state index contributed by atoms with van der Waals surface area (Å²) in [5.41, 5.74) is 0.127. The minimum atomic E-state index is 0.0124. The van der Waals surface area contributed by atoms with E-state index in [9.17, 15) is 0 Å². The van der Waals surface area contributed by atoms with Crippen LogP contribution in [0.5, 0.6) is 0 Å². The van der Waals surface area contributed by atoms with Crippen LogP contribution in [0, 0.1) is 17.8 Å². The van der Waals surface area contributed by atoms with Crippen LogP contribution in [0.2, 0.25) is 0 Å². The molecule has 1 aliphatic carbocycles. The highest BCUT2D eigenvalue weighted by atomic mass is 16.5. The molecule has 0 aromatic heterocycles. The second kappa shape index (κ2) is 4.55. The molecule has 0 aromatic rings. The number of rotatable bonds is 1. The normalized spacial score (nSPS) is 47.6. The molecule has 2 rings (SSSR count). The highest BCUT2D eigenvalue weighted by Gasteiger charge is 2.47. The van der Waals surface area contributed by atoms with E-state index in [1.807, 2.05) is 0 Å². The van der Waals surface area contributed by atoms with Crippen molar-refractivity contribution >= 4 is 0 Å². The maximum atomic E-state index is 6.62. The van der Waals surface area contributed by atoms with Gasteiger partial charge in [0.1, 0.15) is 0 Å². The molecule has 0 radical (unpaired) electrons. The van der Waals surface area contributed by atoms with E-state index in [4.69, 9.17) is 4.74 Å². The SMILES string of the molecule is CC1CCC2(CNCC(C)(C(C)C)O2)CC1C. The fourth-order valence-corrected chi connectivity index (χ4v) is 3.35. The van der Waals surface area contributed by atoms with Gasteiger partial charge in [-0.1, -0.05) is 27.7 Å². The first-order chi connectivity index (χ1) is 7.87. The monoisotopic (exact) mass is 239 g/mol. The second-order valence-electron chi connectivity index (χ2n) is 7.05. The van der Waals surface area contributed by atoms with Crippen molar-refractivity contribution in [1.29, 1.82) is 0 Å². The van der Waals surface area contributed by atoms with Gasteiger partial charge < -0.3 is 10.1 Å². The molecule has 4 atom stereocenters. The smallest absolute Gasteiger partial charge is 0.0817 e. The largest absolute Gasteiger partial charge is 0.366 e. The van der Waals surface area contributed by atoms with E-state index in [-0.39, 0.29) is 11.2 Å². The zero-order valence-corrected chi connectivity index (χ0v) is 12.2. The summed E-state index contributed by atoms with van der Waals surface area (Å²) in [6.45, 7) is 13.6. The molecule has 1 N–H and O–H groups in total. The highest BCUT2D eigenvalue weighted by Crippen LogP contribution is 2.43. The zero-order valence-electron chi connectivity index (χ0n) is 12.2. The first kappa shape index (κ1) is 13.4. The van der Waals surface area contributed by atoms with Crippen molar-refractivity contribution in [3.63, 3.8) is 0 Å². The highest BCUT2D eigenvalue weighted by molar-refractivity contribution is 4.99. The standard InChI is InChI=1S/C15H29NO/c1-11(2)14(5)9-16-10-15(17-14)7-6-12(3)13(4)8-15/h11-13,16H,6-10H2,1-5H3. The maximum absolute atomic E-state index is 6.62. The van der Waals surface area contributed by atoms with Crippen molar-refractivity contribution in [2.45, 2.75) is 65.1 Å². The van der Waals surface area contributed by atoms with Gasteiger partial charge in [-0.15, -0.1) is 0 Å². The first-order valence-corrected chi connectivity index (χ1v) is 7.28. The van der Waals surface area contributed by atoms with E-state index >= 15 is 0 Å². The number of nitrogens with one attached hydrogen (secondary N) is 1. The van der Waals surface area contributed by atoms with Gasteiger partial charge >= 0.3 is 0 Å². The van der Waals surface area contributed by atoms with Gasteiger partial charge in [-0.3, -0.25) is 0 Å². The molecule has 2 nitrogen and oxygen atoms in total. The van der Waals surface area contributed by atoms with Crippen LogP contribution < -0.4 is 5.32 Å². The van der Waals surface area contributed by atoms with Gasteiger partial charge in [0.2, 0.25) is 0 Å². The summed E-state index contributed by atoms with van der Waals surface area (Å²) < 4.78 is 6.62. The number of morpholine rings is 1. The molecule has 100 valence electrons. The van der Waals surface area contributed by atoms with Gasteiger partial charge in [-0.2, -0.15) is 0 Å². The van der Waals surface area contributed by atoms with Crippen LogP contribution in [0.4, 0.5) is 0 Å². The lowest BCUT2D eigenvalue weighted by Gasteiger charge is -2.53. The summed E-state index contributed by atoms with van der Waals surface area (Å²) in [6.07, 6.45) is 3.77. The molecule has 1 heterocycles. The molecule has 2 heteroatoms. The van der Waals surface area contributed by atoms with Crippen LogP contribution in [0.3, 0.4) is 0 Å². The number of ether oxygens (including phenoxy) is 1. The second-order valence-corrected chi connectivity index (χ2v) is 7.05. The van der Waals surface area contributed by atoms with Crippen LogP contribution >= 0.6 is 0 Å². The van der Waals surface area contributed by atoms with Gasteiger partial charge in [0, 0.05) is 13.1 Å². The Bertz CT molecular complexity index is 278. The van der Waals surface area contributed by atoms with E-state index in [2.05, 4.69) is 39.9 Å². The predicted molar refractivity (Wildman–Crippen MR) is 72.1 cm³/mol. The fourth-order valence-electron chi connectivity index (χ4n) is 3.35.